The highest BCUT2D eigenvalue weighted by Gasteiger charge is 2.12. The van der Waals surface area contributed by atoms with Crippen LogP contribution in [0, 0.1) is 0 Å². The number of nitrogens with one attached hydrogen (secondary N) is 3. The van der Waals surface area contributed by atoms with Crippen LogP contribution in [0.4, 0.5) is 0 Å². The van der Waals surface area contributed by atoms with E-state index in [1.54, 1.807) is 6.07 Å². The van der Waals surface area contributed by atoms with Gasteiger partial charge in [-0.05, 0) is 18.1 Å². The quantitative estimate of drug-likeness (QED) is 0.641. The van der Waals surface area contributed by atoms with Crippen LogP contribution in [0.25, 0.3) is 10.9 Å². The Hall–Kier alpha value is -3.09. The summed E-state index contributed by atoms with van der Waals surface area (Å²) in [5.41, 5.74) is 2.14. The van der Waals surface area contributed by atoms with E-state index in [1.807, 2.05) is 44.2 Å². The fourth-order valence-corrected chi connectivity index (χ4v) is 2.38. The summed E-state index contributed by atoms with van der Waals surface area (Å²) in [5.74, 6) is 0.225. The number of rotatable bonds is 6. The molecule has 0 saturated heterocycles. The standard InChI is InChI=1S/C18H20N4O3/c1-11(2)15-8-13(25-22-15)9-19-17(23)10-20-18(24)16-7-12-5-3-4-6-14(12)21-16/h3-8,11,21H,9-10H2,1-2H3,(H,19,23)(H,20,24). The number of fused-ring (bicyclic) bond motifs is 1. The number of carbonyl (C=O) groups excluding carboxylic acids is 2. The first-order chi connectivity index (χ1) is 12.0. The van der Waals surface area contributed by atoms with E-state index in [0.717, 1.165) is 16.6 Å². The predicted octanol–water partition coefficient (Wildman–Crippen LogP) is 2.33. The smallest absolute Gasteiger partial charge is 0.268 e. The number of amides is 2. The topological polar surface area (TPSA) is 100 Å². The molecule has 3 aromatic rings. The Bertz CT molecular complexity index is 862. The van der Waals surface area contributed by atoms with Gasteiger partial charge in [-0.2, -0.15) is 0 Å². The van der Waals surface area contributed by atoms with Crippen molar-refractivity contribution < 1.29 is 14.1 Å². The Balaban J connectivity index is 1.48. The molecule has 3 rings (SSSR count). The zero-order valence-electron chi connectivity index (χ0n) is 14.1. The van der Waals surface area contributed by atoms with Gasteiger partial charge in [-0.3, -0.25) is 9.59 Å². The number of hydrogen-bond donors (Lipinski definition) is 3. The molecule has 1 aromatic carbocycles. The molecule has 0 bridgehead atoms. The molecule has 3 N–H and O–H groups in total. The summed E-state index contributed by atoms with van der Waals surface area (Å²) in [6.07, 6.45) is 0. The fourth-order valence-electron chi connectivity index (χ4n) is 2.38. The molecule has 0 aliphatic heterocycles. The molecule has 2 amide bonds. The molecule has 0 aliphatic rings. The average Bonchev–Trinajstić information content (AvgIpc) is 3.24. The van der Waals surface area contributed by atoms with Crippen LogP contribution >= 0.6 is 0 Å². The lowest BCUT2D eigenvalue weighted by molar-refractivity contribution is -0.120. The normalized spacial score (nSPS) is 11.0. The summed E-state index contributed by atoms with van der Waals surface area (Å²) in [7, 11) is 0. The Labute approximate surface area is 144 Å². The minimum Gasteiger partial charge on any atom is -0.359 e. The summed E-state index contributed by atoms with van der Waals surface area (Å²) < 4.78 is 5.15. The van der Waals surface area contributed by atoms with Crippen molar-refractivity contribution in [2.24, 2.45) is 0 Å². The van der Waals surface area contributed by atoms with Gasteiger partial charge < -0.3 is 20.1 Å². The van der Waals surface area contributed by atoms with E-state index in [2.05, 4.69) is 20.8 Å². The third kappa shape index (κ3) is 4.06. The zero-order chi connectivity index (χ0) is 17.8. The Morgan fingerprint density at radius 3 is 2.72 bits per heavy atom. The summed E-state index contributed by atoms with van der Waals surface area (Å²) in [4.78, 5) is 27.0. The molecular weight excluding hydrogens is 320 g/mol. The maximum absolute atomic E-state index is 12.1. The van der Waals surface area contributed by atoms with Crippen LogP contribution in [0.2, 0.25) is 0 Å². The molecule has 0 fully saturated rings. The van der Waals surface area contributed by atoms with Gasteiger partial charge >= 0.3 is 0 Å². The van der Waals surface area contributed by atoms with Gasteiger partial charge in [-0.25, -0.2) is 0 Å². The Morgan fingerprint density at radius 1 is 1.20 bits per heavy atom. The molecule has 7 heteroatoms. The number of hydrogen-bond acceptors (Lipinski definition) is 4. The summed E-state index contributed by atoms with van der Waals surface area (Å²) in [5, 5.41) is 10.2. The van der Waals surface area contributed by atoms with Crippen LogP contribution in [0.3, 0.4) is 0 Å². The van der Waals surface area contributed by atoms with E-state index in [4.69, 9.17) is 4.52 Å². The van der Waals surface area contributed by atoms with Crippen molar-refractivity contribution in [2.75, 3.05) is 6.54 Å². The van der Waals surface area contributed by atoms with Gasteiger partial charge in [0.05, 0.1) is 18.8 Å². The van der Waals surface area contributed by atoms with Gasteiger partial charge in [0.25, 0.3) is 5.91 Å². The van der Waals surface area contributed by atoms with Crippen LogP contribution < -0.4 is 10.6 Å². The van der Waals surface area contributed by atoms with Gasteiger partial charge in [0.2, 0.25) is 5.91 Å². The molecule has 0 saturated carbocycles. The molecule has 0 aliphatic carbocycles. The van der Waals surface area contributed by atoms with Crippen molar-refractivity contribution in [3.05, 3.63) is 53.5 Å². The lowest BCUT2D eigenvalue weighted by Gasteiger charge is -2.04. The summed E-state index contributed by atoms with van der Waals surface area (Å²) >= 11 is 0. The third-order valence-electron chi connectivity index (χ3n) is 3.81. The molecule has 0 atom stereocenters. The first-order valence-corrected chi connectivity index (χ1v) is 8.11. The van der Waals surface area contributed by atoms with E-state index in [-0.39, 0.29) is 30.8 Å². The van der Waals surface area contributed by atoms with Crippen LogP contribution in [0.15, 0.2) is 40.9 Å². The lowest BCUT2D eigenvalue weighted by Crippen LogP contribution is -2.36. The molecular formula is C18H20N4O3. The Morgan fingerprint density at radius 2 is 2.00 bits per heavy atom. The molecule has 2 aromatic heterocycles. The van der Waals surface area contributed by atoms with Crippen LogP contribution in [-0.2, 0) is 11.3 Å². The van der Waals surface area contributed by atoms with Crippen molar-refractivity contribution >= 4 is 22.7 Å². The lowest BCUT2D eigenvalue weighted by atomic mass is 10.1. The van der Waals surface area contributed by atoms with E-state index < -0.39 is 0 Å². The molecule has 0 radical (unpaired) electrons. The summed E-state index contributed by atoms with van der Waals surface area (Å²) in [6.45, 7) is 4.15. The van der Waals surface area contributed by atoms with Crippen LogP contribution in [0.5, 0.6) is 0 Å². The summed E-state index contributed by atoms with van der Waals surface area (Å²) in [6, 6.07) is 11.2. The van der Waals surface area contributed by atoms with Crippen LogP contribution in [0.1, 0.15) is 41.7 Å². The van der Waals surface area contributed by atoms with Gasteiger partial charge in [0.15, 0.2) is 5.76 Å². The van der Waals surface area contributed by atoms with Gasteiger partial charge in [-0.1, -0.05) is 37.2 Å². The van der Waals surface area contributed by atoms with Gasteiger partial charge in [0.1, 0.15) is 5.69 Å². The zero-order valence-corrected chi connectivity index (χ0v) is 14.1. The average molecular weight is 340 g/mol. The first kappa shape index (κ1) is 16.8. The second kappa shape index (κ2) is 7.21. The molecule has 0 unspecified atom stereocenters. The molecule has 2 heterocycles. The molecule has 7 nitrogen and oxygen atoms in total. The number of nitrogens with zero attached hydrogens (tertiary/aromatic N) is 1. The van der Waals surface area contributed by atoms with E-state index in [0.29, 0.717) is 11.5 Å². The van der Waals surface area contributed by atoms with Crippen LogP contribution in [-0.4, -0.2) is 28.5 Å². The van der Waals surface area contributed by atoms with Gasteiger partial charge in [-0.15, -0.1) is 0 Å². The number of H-pyrrole nitrogens is 1. The minimum absolute atomic E-state index is 0.112. The number of carbonyl (C=O) groups is 2. The number of aromatic amines is 1. The monoisotopic (exact) mass is 340 g/mol. The minimum atomic E-state index is -0.326. The highest BCUT2D eigenvalue weighted by molar-refractivity contribution is 5.99. The maximum atomic E-state index is 12.1. The Kier molecular flexibility index (Phi) is 4.83. The second-order valence-corrected chi connectivity index (χ2v) is 6.10. The molecule has 130 valence electrons. The SMILES string of the molecule is CC(C)c1cc(CNC(=O)CNC(=O)c2cc3ccccc3[nH]2)on1. The van der Waals surface area contributed by atoms with Crippen molar-refractivity contribution in [1.82, 2.24) is 20.8 Å². The number of aromatic nitrogens is 2. The largest absolute Gasteiger partial charge is 0.359 e. The van der Waals surface area contributed by atoms with Crippen molar-refractivity contribution in [2.45, 2.75) is 26.3 Å². The highest BCUT2D eigenvalue weighted by atomic mass is 16.5. The molecule has 0 spiro atoms. The van der Waals surface area contributed by atoms with Crippen molar-refractivity contribution in [3.8, 4) is 0 Å². The van der Waals surface area contributed by atoms with Crippen molar-refractivity contribution in [3.63, 3.8) is 0 Å². The maximum Gasteiger partial charge on any atom is 0.268 e. The van der Waals surface area contributed by atoms with E-state index >= 15 is 0 Å². The third-order valence-corrected chi connectivity index (χ3v) is 3.81. The highest BCUT2D eigenvalue weighted by Crippen LogP contribution is 2.15. The van der Waals surface area contributed by atoms with Gasteiger partial charge in [0, 0.05) is 17.0 Å². The van der Waals surface area contributed by atoms with Crippen molar-refractivity contribution in [1.29, 1.82) is 0 Å². The number of benzene rings is 1. The predicted molar refractivity (Wildman–Crippen MR) is 93.1 cm³/mol. The van der Waals surface area contributed by atoms with E-state index in [9.17, 15) is 9.59 Å². The first-order valence-electron chi connectivity index (χ1n) is 8.11. The van der Waals surface area contributed by atoms with E-state index in [1.165, 1.54) is 0 Å². The number of para-hydroxylation sites is 1. The second-order valence-electron chi connectivity index (χ2n) is 6.10. The molecule has 25 heavy (non-hydrogen) atoms. The fraction of sp³-hybridized carbons (Fsp3) is 0.278.